The van der Waals surface area contributed by atoms with E-state index in [4.69, 9.17) is 0 Å². The predicted molar refractivity (Wildman–Crippen MR) is 103 cm³/mol. The molecule has 2 aromatic heterocycles. The summed E-state index contributed by atoms with van der Waals surface area (Å²) in [5.41, 5.74) is 5.78. The van der Waals surface area contributed by atoms with Gasteiger partial charge in [0.2, 0.25) is 5.91 Å². The number of aryl methyl sites for hydroxylation is 1. The standard InChI is InChI=1S/C21H18N4O/c1-14-2-4-15(5-3-14)10-20(26)24-18-8-6-16(7-9-18)19-11-17-12-22-13-23-21(17)25-19/h2-9,11-13H,10H2,1H3,(H,24,26)(H,22,23,25). The fraction of sp³-hybridized carbons (Fsp3) is 0.0952. The summed E-state index contributed by atoms with van der Waals surface area (Å²) in [6, 6.07) is 17.8. The molecule has 1 amide bonds. The van der Waals surface area contributed by atoms with Crippen LogP contribution in [0.15, 0.2) is 67.1 Å². The zero-order valence-electron chi connectivity index (χ0n) is 14.4. The molecule has 4 rings (SSSR count). The summed E-state index contributed by atoms with van der Waals surface area (Å²) in [5, 5.41) is 3.91. The van der Waals surface area contributed by atoms with Gasteiger partial charge in [0.25, 0.3) is 0 Å². The van der Waals surface area contributed by atoms with Crippen LogP contribution in [0, 0.1) is 6.92 Å². The number of fused-ring (bicyclic) bond motifs is 1. The minimum Gasteiger partial charge on any atom is -0.339 e. The molecule has 2 N–H and O–H groups in total. The Morgan fingerprint density at radius 3 is 2.58 bits per heavy atom. The van der Waals surface area contributed by atoms with Crippen LogP contribution in [-0.2, 0) is 11.2 Å². The number of hydrogen-bond donors (Lipinski definition) is 2. The van der Waals surface area contributed by atoms with Gasteiger partial charge in [-0.1, -0.05) is 42.0 Å². The molecule has 2 heterocycles. The summed E-state index contributed by atoms with van der Waals surface area (Å²) in [4.78, 5) is 23.7. The summed E-state index contributed by atoms with van der Waals surface area (Å²) in [7, 11) is 0. The molecule has 4 aromatic rings. The Labute approximate surface area is 151 Å². The van der Waals surface area contributed by atoms with E-state index in [2.05, 4.69) is 20.3 Å². The van der Waals surface area contributed by atoms with E-state index in [9.17, 15) is 4.79 Å². The van der Waals surface area contributed by atoms with Crippen molar-refractivity contribution in [2.75, 3.05) is 5.32 Å². The monoisotopic (exact) mass is 342 g/mol. The van der Waals surface area contributed by atoms with Gasteiger partial charge in [0.15, 0.2) is 0 Å². The quantitative estimate of drug-likeness (QED) is 0.586. The molecule has 0 aliphatic rings. The minimum absolute atomic E-state index is 0.0255. The lowest BCUT2D eigenvalue weighted by molar-refractivity contribution is -0.115. The van der Waals surface area contributed by atoms with Crippen LogP contribution in [0.3, 0.4) is 0 Å². The molecule has 5 heteroatoms. The third-order valence-corrected chi connectivity index (χ3v) is 4.26. The van der Waals surface area contributed by atoms with Crippen LogP contribution in [0.25, 0.3) is 22.3 Å². The van der Waals surface area contributed by atoms with Gasteiger partial charge in [-0.05, 0) is 36.2 Å². The predicted octanol–water partition coefficient (Wildman–Crippen LogP) is 4.11. The van der Waals surface area contributed by atoms with Gasteiger partial charge in [-0.15, -0.1) is 0 Å². The number of nitrogens with one attached hydrogen (secondary N) is 2. The van der Waals surface area contributed by atoms with Crippen molar-refractivity contribution in [3.05, 3.63) is 78.2 Å². The number of nitrogens with zero attached hydrogens (tertiary/aromatic N) is 2. The van der Waals surface area contributed by atoms with Crippen molar-refractivity contribution in [3.8, 4) is 11.3 Å². The Kier molecular flexibility index (Phi) is 4.19. The fourth-order valence-electron chi connectivity index (χ4n) is 2.85. The van der Waals surface area contributed by atoms with E-state index >= 15 is 0 Å². The number of amides is 1. The van der Waals surface area contributed by atoms with Crippen molar-refractivity contribution in [2.24, 2.45) is 0 Å². The summed E-state index contributed by atoms with van der Waals surface area (Å²) in [5.74, 6) is -0.0255. The van der Waals surface area contributed by atoms with Gasteiger partial charge in [-0.3, -0.25) is 4.79 Å². The van der Waals surface area contributed by atoms with Crippen LogP contribution < -0.4 is 5.32 Å². The van der Waals surface area contributed by atoms with E-state index in [0.717, 1.165) is 33.5 Å². The van der Waals surface area contributed by atoms with Gasteiger partial charge in [0.1, 0.15) is 12.0 Å². The van der Waals surface area contributed by atoms with Crippen LogP contribution in [0.4, 0.5) is 5.69 Å². The number of aromatic nitrogens is 3. The zero-order chi connectivity index (χ0) is 17.9. The third-order valence-electron chi connectivity index (χ3n) is 4.26. The Morgan fingerprint density at radius 2 is 1.85 bits per heavy atom. The minimum atomic E-state index is -0.0255. The summed E-state index contributed by atoms with van der Waals surface area (Å²) >= 11 is 0. The molecule has 0 fully saturated rings. The second-order valence-corrected chi connectivity index (χ2v) is 6.30. The summed E-state index contributed by atoms with van der Waals surface area (Å²) in [6.45, 7) is 2.03. The van der Waals surface area contributed by atoms with E-state index in [0.29, 0.717) is 6.42 Å². The SMILES string of the molecule is Cc1ccc(CC(=O)Nc2ccc(-c3cc4cncnc4[nH]3)cc2)cc1. The number of H-pyrrole nitrogens is 1. The molecule has 0 saturated carbocycles. The molecule has 0 spiro atoms. The molecule has 0 aliphatic carbocycles. The van der Waals surface area contributed by atoms with E-state index in [1.807, 2.05) is 61.5 Å². The number of carbonyl (C=O) groups is 1. The van der Waals surface area contributed by atoms with Crippen LogP contribution in [0.2, 0.25) is 0 Å². The van der Waals surface area contributed by atoms with Crippen molar-refractivity contribution in [3.63, 3.8) is 0 Å². The van der Waals surface area contributed by atoms with Crippen molar-refractivity contribution in [1.29, 1.82) is 0 Å². The zero-order valence-corrected chi connectivity index (χ0v) is 14.4. The number of rotatable bonds is 4. The molecule has 128 valence electrons. The topological polar surface area (TPSA) is 70.7 Å². The lowest BCUT2D eigenvalue weighted by atomic mass is 10.1. The lowest BCUT2D eigenvalue weighted by Gasteiger charge is -2.07. The van der Waals surface area contributed by atoms with E-state index in [1.165, 1.54) is 11.9 Å². The molecule has 0 saturated heterocycles. The van der Waals surface area contributed by atoms with Crippen LogP contribution in [0.1, 0.15) is 11.1 Å². The maximum atomic E-state index is 12.2. The molecule has 2 aromatic carbocycles. The van der Waals surface area contributed by atoms with Crippen molar-refractivity contribution in [2.45, 2.75) is 13.3 Å². The second kappa shape index (κ2) is 6.80. The highest BCUT2D eigenvalue weighted by Gasteiger charge is 2.07. The van der Waals surface area contributed by atoms with Gasteiger partial charge < -0.3 is 10.3 Å². The van der Waals surface area contributed by atoms with Crippen molar-refractivity contribution in [1.82, 2.24) is 15.0 Å². The Balaban J connectivity index is 1.45. The summed E-state index contributed by atoms with van der Waals surface area (Å²) in [6.07, 6.45) is 3.67. The smallest absolute Gasteiger partial charge is 0.228 e. The van der Waals surface area contributed by atoms with Crippen LogP contribution >= 0.6 is 0 Å². The first kappa shape index (κ1) is 16.0. The van der Waals surface area contributed by atoms with Crippen LogP contribution in [0.5, 0.6) is 0 Å². The van der Waals surface area contributed by atoms with Gasteiger partial charge >= 0.3 is 0 Å². The maximum absolute atomic E-state index is 12.2. The van der Waals surface area contributed by atoms with E-state index in [1.54, 1.807) is 6.20 Å². The molecular weight excluding hydrogens is 324 g/mol. The first-order chi connectivity index (χ1) is 12.7. The molecule has 0 aliphatic heterocycles. The van der Waals surface area contributed by atoms with Gasteiger partial charge in [0, 0.05) is 23.0 Å². The summed E-state index contributed by atoms with van der Waals surface area (Å²) < 4.78 is 0. The number of aromatic amines is 1. The van der Waals surface area contributed by atoms with Crippen LogP contribution in [-0.4, -0.2) is 20.9 Å². The molecule has 0 atom stereocenters. The number of hydrogen-bond acceptors (Lipinski definition) is 3. The Bertz CT molecular complexity index is 1020. The van der Waals surface area contributed by atoms with Crippen molar-refractivity contribution < 1.29 is 4.79 Å². The van der Waals surface area contributed by atoms with Crippen molar-refractivity contribution >= 4 is 22.6 Å². The highest BCUT2D eigenvalue weighted by Crippen LogP contribution is 2.24. The van der Waals surface area contributed by atoms with E-state index in [-0.39, 0.29) is 5.91 Å². The van der Waals surface area contributed by atoms with Gasteiger partial charge in [0.05, 0.1) is 6.42 Å². The Hall–Kier alpha value is -3.47. The molecule has 0 radical (unpaired) electrons. The Morgan fingerprint density at radius 1 is 1.08 bits per heavy atom. The molecule has 0 bridgehead atoms. The largest absolute Gasteiger partial charge is 0.339 e. The highest BCUT2D eigenvalue weighted by molar-refractivity contribution is 5.92. The normalized spacial score (nSPS) is 10.8. The number of benzene rings is 2. The maximum Gasteiger partial charge on any atom is 0.228 e. The fourth-order valence-corrected chi connectivity index (χ4v) is 2.85. The third kappa shape index (κ3) is 3.47. The van der Waals surface area contributed by atoms with Gasteiger partial charge in [-0.25, -0.2) is 9.97 Å². The molecule has 5 nitrogen and oxygen atoms in total. The first-order valence-corrected chi connectivity index (χ1v) is 8.42. The number of carbonyl (C=O) groups excluding carboxylic acids is 1. The lowest BCUT2D eigenvalue weighted by Crippen LogP contribution is -2.14. The average Bonchev–Trinajstić information content (AvgIpc) is 3.08. The van der Waals surface area contributed by atoms with E-state index < -0.39 is 0 Å². The molecular formula is C21H18N4O. The van der Waals surface area contributed by atoms with Gasteiger partial charge in [-0.2, -0.15) is 0 Å². The molecule has 26 heavy (non-hydrogen) atoms. The second-order valence-electron chi connectivity index (χ2n) is 6.30. The molecule has 0 unspecified atom stereocenters. The highest BCUT2D eigenvalue weighted by atomic mass is 16.1. The number of anilines is 1. The first-order valence-electron chi connectivity index (χ1n) is 8.42. The average molecular weight is 342 g/mol.